The number of rotatable bonds is 0. The summed E-state index contributed by atoms with van der Waals surface area (Å²) in [4.78, 5) is 20.7. The van der Waals surface area contributed by atoms with Crippen molar-refractivity contribution in [3.8, 4) is 0 Å². The largest absolute Gasteiger partial charge is 0.420 e. The molecule has 0 bridgehead atoms. The molecule has 2 heterocycles. The smallest absolute Gasteiger partial charge is 0.415 e. The van der Waals surface area contributed by atoms with Gasteiger partial charge in [-0.1, -0.05) is 9.45 Å². The first kappa shape index (κ1) is 7.17. The van der Waals surface area contributed by atoms with Gasteiger partial charge in [0.25, 0.3) is 10.8 Å². The lowest BCUT2D eigenvalue weighted by Crippen LogP contribution is -2.28. The van der Waals surface area contributed by atoms with Gasteiger partial charge in [0, 0.05) is 0 Å². The van der Waals surface area contributed by atoms with Crippen LogP contribution in [0.2, 0.25) is 0 Å². The maximum absolute atomic E-state index is 11.1. The van der Waals surface area contributed by atoms with E-state index in [1.165, 1.54) is 0 Å². The van der Waals surface area contributed by atoms with Gasteiger partial charge in [-0.15, -0.1) is 0 Å². The van der Waals surface area contributed by atoms with Crippen LogP contribution >= 0.6 is 0 Å². The Bertz CT molecular complexity index is 289. The van der Waals surface area contributed by atoms with Crippen LogP contribution in [0.3, 0.4) is 0 Å². The standard InChI is InChI=1S/C5H5NO3S2/c1-2-5(11(2)10)3(7)6-4(8)9-5/h2H,1H3,(H,6,7,8). The molecule has 2 aliphatic rings. The molecule has 0 radical (unpaired) electrons. The number of amides is 2. The highest BCUT2D eigenvalue weighted by Crippen LogP contribution is 2.45. The zero-order valence-electron chi connectivity index (χ0n) is 5.62. The second-order valence-electron chi connectivity index (χ2n) is 2.45. The molecule has 60 valence electrons. The number of hydrogen-bond acceptors (Lipinski definition) is 4. The lowest BCUT2D eigenvalue weighted by molar-refractivity contribution is -0.123. The first-order valence-electron chi connectivity index (χ1n) is 3.04. The molecule has 0 aromatic heterocycles. The summed E-state index contributed by atoms with van der Waals surface area (Å²) in [6, 6.07) is 0. The van der Waals surface area contributed by atoms with Crippen LogP contribution in [0, 0.1) is 0 Å². The van der Waals surface area contributed by atoms with Crippen LogP contribution in [0.15, 0.2) is 0 Å². The van der Waals surface area contributed by atoms with E-state index in [1.807, 2.05) is 6.92 Å². The molecule has 0 saturated carbocycles. The number of imide groups is 1. The molecule has 2 fully saturated rings. The SMILES string of the molecule is CC1S(=S)C12OC(=O)NC2=O. The average Bonchev–Trinajstić information content (AvgIpc) is 2.36. The van der Waals surface area contributed by atoms with E-state index in [9.17, 15) is 9.59 Å². The number of nitrogens with one attached hydrogen (secondary N) is 1. The van der Waals surface area contributed by atoms with Gasteiger partial charge in [-0.2, -0.15) is 0 Å². The Morgan fingerprint density at radius 1 is 1.73 bits per heavy atom. The Balaban J connectivity index is 2.37. The highest BCUT2D eigenvalue weighted by Gasteiger charge is 2.70. The normalized spacial score (nSPS) is 47.4. The van der Waals surface area contributed by atoms with Crippen LogP contribution in [-0.4, -0.2) is 22.2 Å². The summed E-state index contributed by atoms with van der Waals surface area (Å²) in [6.45, 7) is 1.81. The maximum Gasteiger partial charge on any atom is 0.415 e. The first-order valence-corrected chi connectivity index (χ1v) is 5.25. The van der Waals surface area contributed by atoms with E-state index in [1.54, 1.807) is 0 Å². The van der Waals surface area contributed by atoms with Crippen molar-refractivity contribution in [1.82, 2.24) is 5.32 Å². The van der Waals surface area contributed by atoms with Crippen molar-refractivity contribution in [2.75, 3.05) is 0 Å². The molecule has 0 aromatic carbocycles. The molecule has 3 unspecified atom stereocenters. The minimum absolute atomic E-state index is 0.00366. The van der Waals surface area contributed by atoms with Gasteiger partial charge >= 0.3 is 6.09 Å². The minimum Gasteiger partial charge on any atom is -0.420 e. The molecule has 2 amide bonds. The first-order chi connectivity index (χ1) is 5.09. The lowest BCUT2D eigenvalue weighted by atomic mass is 10.3. The fourth-order valence-electron chi connectivity index (χ4n) is 1.13. The van der Waals surface area contributed by atoms with E-state index in [4.69, 9.17) is 15.9 Å². The molecular weight excluding hydrogens is 186 g/mol. The van der Waals surface area contributed by atoms with E-state index >= 15 is 0 Å². The van der Waals surface area contributed by atoms with E-state index in [2.05, 4.69) is 5.32 Å². The Morgan fingerprint density at radius 3 is 2.45 bits per heavy atom. The van der Waals surface area contributed by atoms with Gasteiger partial charge in [-0.25, -0.2) is 4.79 Å². The summed E-state index contributed by atoms with van der Waals surface area (Å²) >= 11 is 4.95. The second-order valence-corrected chi connectivity index (χ2v) is 5.44. The van der Waals surface area contributed by atoms with E-state index < -0.39 is 20.5 Å². The average molecular weight is 191 g/mol. The van der Waals surface area contributed by atoms with Crippen molar-refractivity contribution >= 4 is 32.6 Å². The predicted octanol–water partition coefficient (Wildman–Crippen LogP) is -0.569. The Morgan fingerprint density at radius 2 is 2.27 bits per heavy atom. The van der Waals surface area contributed by atoms with Gasteiger partial charge in [-0.05, 0) is 18.1 Å². The minimum atomic E-state index is -0.966. The number of carbonyl (C=O) groups is 2. The second kappa shape index (κ2) is 1.81. The van der Waals surface area contributed by atoms with Crippen molar-refractivity contribution in [1.29, 1.82) is 0 Å². The zero-order chi connectivity index (χ0) is 8.22. The molecule has 0 aliphatic carbocycles. The van der Waals surface area contributed by atoms with Gasteiger partial charge in [0.15, 0.2) is 0 Å². The third kappa shape index (κ3) is 0.660. The highest BCUT2D eigenvalue weighted by atomic mass is 32.8. The third-order valence-corrected chi connectivity index (χ3v) is 5.42. The number of carbonyl (C=O) groups excluding carboxylic acids is 2. The number of alkyl carbamates (subject to hydrolysis) is 1. The molecule has 3 atom stereocenters. The molecule has 1 N–H and O–H groups in total. The predicted molar refractivity (Wildman–Crippen MR) is 41.5 cm³/mol. The summed E-state index contributed by atoms with van der Waals surface area (Å²) in [5.41, 5.74) is 0. The molecule has 6 heteroatoms. The molecule has 2 rings (SSSR count). The highest BCUT2D eigenvalue weighted by molar-refractivity contribution is 8.34. The third-order valence-electron chi connectivity index (χ3n) is 1.87. The Kier molecular flexibility index (Phi) is 1.18. The Hall–Kier alpha value is -0.490. The van der Waals surface area contributed by atoms with Gasteiger partial charge in [0.2, 0.25) is 0 Å². The van der Waals surface area contributed by atoms with Gasteiger partial charge in [-0.3, -0.25) is 10.1 Å². The Labute approximate surface area is 69.9 Å². The van der Waals surface area contributed by atoms with Crippen molar-refractivity contribution in [2.24, 2.45) is 0 Å². The van der Waals surface area contributed by atoms with Gasteiger partial charge < -0.3 is 4.74 Å². The topological polar surface area (TPSA) is 55.4 Å². The molecule has 2 aliphatic heterocycles. The summed E-state index contributed by atoms with van der Waals surface area (Å²) in [7, 11) is -0.512. The van der Waals surface area contributed by atoms with Gasteiger partial charge in [0.1, 0.15) is 0 Å². The number of ether oxygens (including phenoxy) is 1. The molecule has 0 aromatic rings. The van der Waals surface area contributed by atoms with Crippen molar-refractivity contribution in [3.05, 3.63) is 0 Å². The zero-order valence-corrected chi connectivity index (χ0v) is 7.25. The monoisotopic (exact) mass is 191 g/mol. The fraction of sp³-hybridized carbons (Fsp3) is 0.600. The summed E-state index contributed by atoms with van der Waals surface area (Å²) in [5.74, 6) is -0.367. The number of hydrogen-bond donors (Lipinski definition) is 1. The van der Waals surface area contributed by atoms with Crippen LogP contribution < -0.4 is 5.32 Å². The summed E-state index contributed by atoms with van der Waals surface area (Å²) < 4.78 is 4.81. The molecule has 11 heavy (non-hydrogen) atoms. The van der Waals surface area contributed by atoms with Crippen LogP contribution in [-0.2, 0) is 30.2 Å². The van der Waals surface area contributed by atoms with Crippen LogP contribution in [0.25, 0.3) is 0 Å². The van der Waals surface area contributed by atoms with Crippen LogP contribution in [0.1, 0.15) is 6.92 Å². The van der Waals surface area contributed by atoms with Crippen molar-refractivity contribution < 1.29 is 14.3 Å². The quantitative estimate of drug-likeness (QED) is 0.521. The summed E-state index contributed by atoms with van der Waals surface area (Å²) in [6.07, 6.45) is -0.665. The molecule has 1 spiro atoms. The van der Waals surface area contributed by atoms with Crippen LogP contribution in [0.5, 0.6) is 0 Å². The van der Waals surface area contributed by atoms with Crippen LogP contribution in [0.4, 0.5) is 4.79 Å². The maximum atomic E-state index is 11.1. The molecule has 2 saturated heterocycles. The fourth-order valence-corrected chi connectivity index (χ4v) is 3.71. The molecule has 4 nitrogen and oxygen atoms in total. The van der Waals surface area contributed by atoms with Gasteiger partial charge in [0.05, 0.1) is 5.25 Å². The van der Waals surface area contributed by atoms with Crippen molar-refractivity contribution in [3.63, 3.8) is 0 Å². The van der Waals surface area contributed by atoms with E-state index in [0.29, 0.717) is 0 Å². The lowest BCUT2D eigenvalue weighted by Gasteiger charge is -1.97. The van der Waals surface area contributed by atoms with E-state index in [0.717, 1.165) is 0 Å². The van der Waals surface area contributed by atoms with E-state index in [-0.39, 0.29) is 11.2 Å². The summed E-state index contributed by atoms with van der Waals surface area (Å²) in [5, 5.41) is 2.07. The molecular formula is C5H5NO3S2. The van der Waals surface area contributed by atoms with Crippen molar-refractivity contribution in [2.45, 2.75) is 17.1 Å².